The standard InChI is InChI=1S/C7H7ClFN/c8-6-2-1-5(4-10)7(9)3-6/h1-3H,4,10H2/p+1. The lowest BCUT2D eigenvalue weighted by molar-refractivity contribution is -0.386. The van der Waals surface area contributed by atoms with Crippen molar-refractivity contribution >= 4 is 11.6 Å². The molecule has 3 heteroatoms. The molecule has 54 valence electrons. The second-order valence-electron chi connectivity index (χ2n) is 1.99. The number of hydrogen-bond donors (Lipinski definition) is 1. The molecule has 0 radical (unpaired) electrons. The van der Waals surface area contributed by atoms with Crippen molar-refractivity contribution in [2.24, 2.45) is 0 Å². The molecule has 0 bridgehead atoms. The minimum atomic E-state index is -0.275. The van der Waals surface area contributed by atoms with Gasteiger partial charge in [-0.3, -0.25) is 0 Å². The van der Waals surface area contributed by atoms with Gasteiger partial charge in [0.1, 0.15) is 12.4 Å². The Morgan fingerprint density at radius 2 is 2.20 bits per heavy atom. The summed E-state index contributed by atoms with van der Waals surface area (Å²) < 4.78 is 12.7. The molecular weight excluding hydrogens is 153 g/mol. The fraction of sp³-hybridized carbons (Fsp3) is 0.143. The van der Waals surface area contributed by atoms with E-state index in [0.717, 1.165) is 0 Å². The molecule has 0 saturated heterocycles. The van der Waals surface area contributed by atoms with Crippen LogP contribution in [0.3, 0.4) is 0 Å². The van der Waals surface area contributed by atoms with E-state index in [1.54, 1.807) is 12.1 Å². The van der Waals surface area contributed by atoms with Crippen LogP contribution in [0.25, 0.3) is 0 Å². The first kappa shape index (κ1) is 7.51. The lowest BCUT2D eigenvalue weighted by Gasteiger charge is -1.95. The van der Waals surface area contributed by atoms with Crippen molar-refractivity contribution in [1.29, 1.82) is 0 Å². The summed E-state index contributed by atoms with van der Waals surface area (Å²) in [4.78, 5) is 0. The number of quaternary nitrogens is 1. The Morgan fingerprint density at radius 3 is 2.70 bits per heavy atom. The molecular formula is C7H8ClFN+. The van der Waals surface area contributed by atoms with Crippen LogP contribution in [-0.2, 0) is 6.54 Å². The molecule has 0 fully saturated rings. The monoisotopic (exact) mass is 160 g/mol. The lowest BCUT2D eigenvalue weighted by Crippen LogP contribution is -2.47. The molecule has 1 nitrogen and oxygen atoms in total. The van der Waals surface area contributed by atoms with Crippen molar-refractivity contribution < 1.29 is 10.1 Å². The first-order chi connectivity index (χ1) is 4.74. The molecule has 0 aromatic heterocycles. The molecule has 0 aliphatic heterocycles. The number of rotatable bonds is 1. The lowest BCUT2D eigenvalue weighted by atomic mass is 10.2. The fourth-order valence-electron chi connectivity index (χ4n) is 0.724. The highest BCUT2D eigenvalue weighted by molar-refractivity contribution is 6.30. The van der Waals surface area contributed by atoms with Crippen molar-refractivity contribution in [1.82, 2.24) is 0 Å². The molecule has 0 aliphatic carbocycles. The van der Waals surface area contributed by atoms with Crippen LogP contribution in [0.15, 0.2) is 18.2 Å². The highest BCUT2D eigenvalue weighted by atomic mass is 35.5. The van der Waals surface area contributed by atoms with E-state index in [1.165, 1.54) is 6.07 Å². The molecule has 1 rings (SSSR count). The zero-order valence-electron chi connectivity index (χ0n) is 5.40. The molecule has 0 unspecified atom stereocenters. The first-order valence-electron chi connectivity index (χ1n) is 2.97. The Hall–Kier alpha value is -0.600. The molecule has 10 heavy (non-hydrogen) atoms. The molecule has 1 aromatic carbocycles. The average Bonchev–Trinajstić information content (AvgIpc) is 1.88. The van der Waals surface area contributed by atoms with Crippen LogP contribution in [-0.4, -0.2) is 0 Å². The summed E-state index contributed by atoms with van der Waals surface area (Å²) >= 11 is 5.51. The van der Waals surface area contributed by atoms with Crippen LogP contribution in [0.2, 0.25) is 5.02 Å². The quantitative estimate of drug-likeness (QED) is 0.640. The van der Waals surface area contributed by atoms with Crippen molar-refractivity contribution in [3.8, 4) is 0 Å². The van der Waals surface area contributed by atoms with Gasteiger partial charge in [0.15, 0.2) is 0 Å². The smallest absolute Gasteiger partial charge is 0.133 e. The van der Waals surface area contributed by atoms with Crippen molar-refractivity contribution in [3.63, 3.8) is 0 Å². The number of hydrogen-bond acceptors (Lipinski definition) is 0. The third kappa shape index (κ3) is 1.46. The minimum absolute atomic E-state index is 0.275. The highest BCUT2D eigenvalue weighted by Gasteiger charge is 2.00. The summed E-state index contributed by atoms with van der Waals surface area (Å²) in [7, 11) is 0. The summed E-state index contributed by atoms with van der Waals surface area (Å²) in [5.74, 6) is -0.275. The van der Waals surface area contributed by atoms with E-state index in [2.05, 4.69) is 5.73 Å². The number of benzene rings is 1. The summed E-state index contributed by atoms with van der Waals surface area (Å²) in [6.45, 7) is 0.461. The third-order valence-electron chi connectivity index (χ3n) is 1.28. The van der Waals surface area contributed by atoms with E-state index in [0.29, 0.717) is 17.1 Å². The van der Waals surface area contributed by atoms with Crippen LogP contribution < -0.4 is 5.73 Å². The van der Waals surface area contributed by atoms with Crippen LogP contribution in [0.5, 0.6) is 0 Å². The van der Waals surface area contributed by atoms with Gasteiger partial charge in [-0.1, -0.05) is 11.6 Å². The van der Waals surface area contributed by atoms with Gasteiger partial charge in [0.25, 0.3) is 0 Å². The van der Waals surface area contributed by atoms with Crippen molar-refractivity contribution in [2.45, 2.75) is 6.54 Å². The van der Waals surface area contributed by atoms with Crippen LogP contribution in [0.1, 0.15) is 5.56 Å². The van der Waals surface area contributed by atoms with Gasteiger partial charge in [-0.15, -0.1) is 0 Å². The maximum Gasteiger partial charge on any atom is 0.133 e. The van der Waals surface area contributed by atoms with Gasteiger partial charge >= 0.3 is 0 Å². The Kier molecular flexibility index (Phi) is 2.25. The largest absolute Gasteiger partial charge is 0.354 e. The van der Waals surface area contributed by atoms with Crippen LogP contribution >= 0.6 is 11.6 Å². The van der Waals surface area contributed by atoms with Gasteiger partial charge in [0.2, 0.25) is 0 Å². The Bertz CT molecular complexity index is 237. The Balaban J connectivity index is 3.07. The van der Waals surface area contributed by atoms with E-state index < -0.39 is 0 Å². The Labute approximate surface area is 63.6 Å². The topological polar surface area (TPSA) is 27.6 Å². The first-order valence-corrected chi connectivity index (χ1v) is 3.35. The van der Waals surface area contributed by atoms with E-state index in [1.807, 2.05) is 0 Å². The normalized spacial score (nSPS) is 9.90. The van der Waals surface area contributed by atoms with Crippen molar-refractivity contribution in [3.05, 3.63) is 34.6 Å². The van der Waals surface area contributed by atoms with E-state index in [4.69, 9.17) is 11.6 Å². The van der Waals surface area contributed by atoms with Gasteiger partial charge in [0.05, 0.1) is 0 Å². The molecule has 0 amide bonds. The van der Waals surface area contributed by atoms with Gasteiger partial charge in [-0.05, 0) is 18.2 Å². The summed E-state index contributed by atoms with van der Waals surface area (Å²) in [5, 5.41) is 0.426. The zero-order chi connectivity index (χ0) is 7.56. The van der Waals surface area contributed by atoms with E-state index >= 15 is 0 Å². The fourth-order valence-corrected chi connectivity index (χ4v) is 0.883. The predicted molar refractivity (Wildman–Crippen MR) is 38.0 cm³/mol. The summed E-state index contributed by atoms with van der Waals surface area (Å²) in [6, 6.07) is 4.60. The molecule has 0 heterocycles. The van der Waals surface area contributed by atoms with Gasteiger partial charge < -0.3 is 5.73 Å². The Morgan fingerprint density at radius 1 is 1.50 bits per heavy atom. The van der Waals surface area contributed by atoms with Gasteiger partial charge in [0, 0.05) is 10.6 Å². The second kappa shape index (κ2) is 2.99. The minimum Gasteiger partial charge on any atom is -0.354 e. The van der Waals surface area contributed by atoms with Gasteiger partial charge in [-0.2, -0.15) is 0 Å². The average molecular weight is 161 g/mol. The van der Waals surface area contributed by atoms with Crippen LogP contribution in [0.4, 0.5) is 4.39 Å². The molecule has 0 atom stereocenters. The van der Waals surface area contributed by atoms with E-state index in [9.17, 15) is 4.39 Å². The van der Waals surface area contributed by atoms with Gasteiger partial charge in [-0.25, -0.2) is 4.39 Å². The predicted octanol–water partition coefficient (Wildman–Crippen LogP) is 1.22. The molecule has 0 spiro atoms. The molecule has 1 aromatic rings. The number of halogens is 2. The second-order valence-corrected chi connectivity index (χ2v) is 2.42. The zero-order valence-corrected chi connectivity index (χ0v) is 6.16. The molecule has 0 saturated carbocycles. The summed E-state index contributed by atoms with van der Waals surface area (Å²) in [6.07, 6.45) is 0. The van der Waals surface area contributed by atoms with Crippen molar-refractivity contribution in [2.75, 3.05) is 0 Å². The summed E-state index contributed by atoms with van der Waals surface area (Å²) in [5.41, 5.74) is 4.16. The molecule has 0 aliphatic rings. The molecule has 3 N–H and O–H groups in total. The maximum absolute atomic E-state index is 12.7. The maximum atomic E-state index is 12.7. The third-order valence-corrected chi connectivity index (χ3v) is 1.52. The highest BCUT2D eigenvalue weighted by Crippen LogP contribution is 2.13. The van der Waals surface area contributed by atoms with Crippen LogP contribution in [0, 0.1) is 5.82 Å². The van der Waals surface area contributed by atoms with E-state index in [-0.39, 0.29) is 5.82 Å². The SMILES string of the molecule is [NH3+]Cc1ccc(Cl)cc1F.